The highest BCUT2D eigenvalue weighted by molar-refractivity contribution is 6.30. The molecule has 1 heterocycles. The van der Waals surface area contributed by atoms with Crippen molar-refractivity contribution < 1.29 is 19.1 Å². The molecule has 0 saturated carbocycles. The molecule has 0 unspecified atom stereocenters. The average Bonchev–Trinajstić information content (AvgIpc) is 3.02. The zero-order valence-corrected chi connectivity index (χ0v) is 13.7. The van der Waals surface area contributed by atoms with E-state index in [9.17, 15) is 4.79 Å². The number of benzene rings is 2. The van der Waals surface area contributed by atoms with Crippen LogP contribution in [-0.2, 0) is 9.63 Å². The molecular weight excluding hydrogens is 332 g/mol. The van der Waals surface area contributed by atoms with Gasteiger partial charge < -0.3 is 19.6 Å². The minimum atomic E-state index is -0.320. The monoisotopic (exact) mass is 346 g/mol. The second-order valence-electron chi connectivity index (χ2n) is 5.08. The van der Waals surface area contributed by atoms with Crippen molar-refractivity contribution in [2.24, 2.45) is 5.16 Å². The fraction of sp³-hybridized carbons (Fsp3) is 0.176. The number of carbonyl (C=O) groups excluding carboxylic acids is 1. The highest BCUT2D eigenvalue weighted by Gasteiger charge is 2.14. The molecule has 2 aromatic rings. The summed E-state index contributed by atoms with van der Waals surface area (Å²) in [5.41, 5.74) is 2.06. The van der Waals surface area contributed by atoms with E-state index in [-0.39, 0.29) is 19.3 Å². The molecule has 6 nitrogen and oxygen atoms in total. The molecule has 124 valence electrons. The van der Waals surface area contributed by atoms with Crippen LogP contribution in [0.4, 0.5) is 5.69 Å². The zero-order chi connectivity index (χ0) is 16.9. The van der Waals surface area contributed by atoms with Gasteiger partial charge in [-0.25, -0.2) is 0 Å². The van der Waals surface area contributed by atoms with E-state index in [1.54, 1.807) is 31.2 Å². The van der Waals surface area contributed by atoms with Crippen LogP contribution in [0.1, 0.15) is 12.5 Å². The molecule has 0 saturated heterocycles. The van der Waals surface area contributed by atoms with Crippen LogP contribution < -0.4 is 14.8 Å². The molecule has 1 aliphatic rings. The number of ether oxygens (including phenoxy) is 2. The van der Waals surface area contributed by atoms with Crippen LogP contribution in [0, 0.1) is 0 Å². The van der Waals surface area contributed by atoms with E-state index in [1.165, 1.54) is 0 Å². The third kappa shape index (κ3) is 3.97. The van der Waals surface area contributed by atoms with Gasteiger partial charge in [-0.2, -0.15) is 0 Å². The van der Waals surface area contributed by atoms with E-state index >= 15 is 0 Å². The van der Waals surface area contributed by atoms with E-state index in [4.69, 9.17) is 25.9 Å². The topological polar surface area (TPSA) is 69.2 Å². The number of hydrogen-bond acceptors (Lipinski definition) is 5. The lowest BCUT2D eigenvalue weighted by Gasteiger charge is -2.06. The molecule has 3 rings (SSSR count). The molecule has 2 aromatic carbocycles. The SMILES string of the molecule is C/C(=N\OCC(=O)Nc1cccc(Cl)c1)c1ccc2c(c1)OCO2. The Balaban J connectivity index is 1.54. The quantitative estimate of drug-likeness (QED) is 0.665. The van der Waals surface area contributed by atoms with Crippen LogP contribution in [0.15, 0.2) is 47.6 Å². The second kappa shape index (κ2) is 7.23. The van der Waals surface area contributed by atoms with Crippen LogP contribution >= 0.6 is 11.6 Å². The number of nitrogens with zero attached hydrogens (tertiary/aromatic N) is 1. The van der Waals surface area contributed by atoms with E-state index in [1.807, 2.05) is 18.2 Å². The third-order valence-corrected chi connectivity index (χ3v) is 3.53. The molecule has 1 aliphatic heterocycles. The lowest BCUT2D eigenvalue weighted by Crippen LogP contribution is -2.17. The van der Waals surface area contributed by atoms with Crippen molar-refractivity contribution in [2.75, 3.05) is 18.7 Å². The lowest BCUT2D eigenvalue weighted by molar-refractivity contribution is -0.120. The first-order chi connectivity index (χ1) is 11.6. The highest BCUT2D eigenvalue weighted by atomic mass is 35.5. The Hall–Kier alpha value is -2.73. The number of hydrogen-bond donors (Lipinski definition) is 1. The van der Waals surface area contributed by atoms with E-state index in [0.717, 1.165) is 5.56 Å². The maximum atomic E-state index is 11.8. The predicted octanol–water partition coefficient (Wildman–Crippen LogP) is 3.45. The summed E-state index contributed by atoms with van der Waals surface area (Å²) in [5, 5.41) is 7.18. The Labute approximate surface area is 144 Å². The van der Waals surface area contributed by atoms with Crippen LogP contribution in [0.3, 0.4) is 0 Å². The minimum absolute atomic E-state index is 0.200. The standard InChI is InChI=1S/C17H15ClN2O4/c1-11(12-5-6-15-16(7-12)23-10-22-15)20-24-9-17(21)19-14-4-2-3-13(18)8-14/h2-8H,9-10H2,1H3,(H,19,21)/b20-11+. The van der Waals surface area contributed by atoms with Gasteiger partial charge in [0.15, 0.2) is 18.1 Å². The van der Waals surface area contributed by atoms with E-state index < -0.39 is 0 Å². The summed E-state index contributed by atoms with van der Waals surface area (Å²) in [7, 11) is 0. The van der Waals surface area contributed by atoms with Gasteiger partial charge in [-0.15, -0.1) is 0 Å². The number of fused-ring (bicyclic) bond motifs is 1. The first kappa shape index (κ1) is 16.1. The summed E-state index contributed by atoms with van der Waals surface area (Å²) >= 11 is 5.86. The van der Waals surface area contributed by atoms with Crippen LogP contribution in [0.2, 0.25) is 5.02 Å². The number of anilines is 1. The van der Waals surface area contributed by atoms with Gasteiger partial charge in [0.25, 0.3) is 5.91 Å². The fourth-order valence-corrected chi connectivity index (χ4v) is 2.32. The summed E-state index contributed by atoms with van der Waals surface area (Å²) in [6, 6.07) is 12.3. The Morgan fingerprint density at radius 1 is 1.25 bits per heavy atom. The van der Waals surface area contributed by atoms with Gasteiger partial charge in [0.2, 0.25) is 6.79 Å². The normalized spacial score (nSPS) is 12.8. The number of rotatable bonds is 5. The van der Waals surface area contributed by atoms with Gasteiger partial charge in [-0.3, -0.25) is 4.79 Å². The zero-order valence-electron chi connectivity index (χ0n) is 12.9. The summed E-state index contributed by atoms with van der Waals surface area (Å²) in [4.78, 5) is 16.9. The Morgan fingerprint density at radius 2 is 2.08 bits per heavy atom. The smallest absolute Gasteiger partial charge is 0.265 e. The molecule has 0 aromatic heterocycles. The molecule has 0 bridgehead atoms. The maximum absolute atomic E-state index is 11.8. The largest absolute Gasteiger partial charge is 0.454 e. The molecule has 1 N–H and O–H groups in total. The number of oxime groups is 1. The van der Waals surface area contributed by atoms with Gasteiger partial charge in [-0.1, -0.05) is 22.8 Å². The average molecular weight is 347 g/mol. The summed E-state index contributed by atoms with van der Waals surface area (Å²) in [6.45, 7) is 1.80. The van der Waals surface area contributed by atoms with Crippen molar-refractivity contribution in [2.45, 2.75) is 6.92 Å². The number of halogens is 1. The number of amides is 1. The molecular formula is C17H15ClN2O4. The van der Waals surface area contributed by atoms with Crippen LogP contribution in [0.25, 0.3) is 0 Å². The first-order valence-corrected chi connectivity index (χ1v) is 7.61. The van der Waals surface area contributed by atoms with Crippen molar-refractivity contribution in [1.29, 1.82) is 0 Å². The Kier molecular flexibility index (Phi) is 4.86. The van der Waals surface area contributed by atoms with Crippen molar-refractivity contribution >= 4 is 28.9 Å². The van der Waals surface area contributed by atoms with Crippen molar-refractivity contribution in [3.8, 4) is 11.5 Å². The van der Waals surface area contributed by atoms with Crippen molar-refractivity contribution in [1.82, 2.24) is 0 Å². The van der Waals surface area contributed by atoms with Gasteiger partial charge >= 0.3 is 0 Å². The first-order valence-electron chi connectivity index (χ1n) is 7.24. The molecule has 1 amide bonds. The molecule has 0 fully saturated rings. The molecule has 24 heavy (non-hydrogen) atoms. The highest BCUT2D eigenvalue weighted by Crippen LogP contribution is 2.32. The van der Waals surface area contributed by atoms with E-state index in [2.05, 4.69) is 10.5 Å². The lowest BCUT2D eigenvalue weighted by atomic mass is 10.1. The third-order valence-electron chi connectivity index (χ3n) is 3.30. The predicted molar refractivity (Wildman–Crippen MR) is 90.8 cm³/mol. The van der Waals surface area contributed by atoms with Gasteiger partial charge in [0, 0.05) is 16.3 Å². The number of nitrogens with one attached hydrogen (secondary N) is 1. The van der Waals surface area contributed by atoms with Crippen LogP contribution in [0.5, 0.6) is 11.5 Å². The maximum Gasteiger partial charge on any atom is 0.265 e. The van der Waals surface area contributed by atoms with Gasteiger partial charge in [0.05, 0.1) is 5.71 Å². The molecule has 0 atom stereocenters. The van der Waals surface area contributed by atoms with Gasteiger partial charge in [-0.05, 0) is 43.3 Å². The fourth-order valence-electron chi connectivity index (χ4n) is 2.13. The summed E-state index contributed by atoms with van der Waals surface area (Å²) in [6.07, 6.45) is 0. The molecule has 0 spiro atoms. The second-order valence-corrected chi connectivity index (χ2v) is 5.51. The summed E-state index contributed by atoms with van der Waals surface area (Å²) in [5.74, 6) is 1.05. The Bertz CT molecular complexity index is 792. The molecule has 0 radical (unpaired) electrons. The van der Waals surface area contributed by atoms with E-state index in [0.29, 0.717) is 27.9 Å². The minimum Gasteiger partial charge on any atom is -0.454 e. The van der Waals surface area contributed by atoms with Gasteiger partial charge in [0.1, 0.15) is 0 Å². The molecule has 7 heteroatoms. The Morgan fingerprint density at radius 3 is 2.92 bits per heavy atom. The molecule has 0 aliphatic carbocycles. The van der Waals surface area contributed by atoms with Crippen molar-refractivity contribution in [3.05, 3.63) is 53.1 Å². The summed E-state index contributed by atoms with van der Waals surface area (Å²) < 4.78 is 10.6. The number of carbonyl (C=O) groups is 1. The van der Waals surface area contributed by atoms with Crippen molar-refractivity contribution in [3.63, 3.8) is 0 Å². The van der Waals surface area contributed by atoms with Crippen LogP contribution in [-0.4, -0.2) is 25.0 Å².